The van der Waals surface area contributed by atoms with Gasteiger partial charge in [-0.25, -0.2) is 0 Å². The molecule has 0 spiro atoms. The van der Waals surface area contributed by atoms with Crippen molar-refractivity contribution < 1.29 is 0 Å². The Labute approximate surface area is 105 Å². The Morgan fingerprint density at radius 1 is 1.12 bits per heavy atom. The third-order valence-electron chi connectivity index (χ3n) is 2.40. The smallest absolute Gasteiger partial charge is 0.0450 e. The molecule has 0 fully saturated rings. The standard InChI is InChI=1S/C13H14ClNS/c14-13-6-2-1-4-11(13)10-15-8-7-12-5-3-9-16-12/h1-6,9,15H,7-8,10H2. The molecule has 1 nitrogen and oxygen atoms in total. The van der Waals surface area contributed by atoms with E-state index in [9.17, 15) is 0 Å². The number of benzene rings is 1. The number of hydrogen-bond acceptors (Lipinski definition) is 2. The Bertz CT molecular complexity index is 425. The molecule has 1 aromatic carbocycles. The molecule has 0 unspecified atom stereocenters. The first kappa shape index (κ1) is 11.6. The highest BCUT2D eigenvalue weighted by Gasteiger charge is 1.98. The van der Waals surface area contributed by atoms with Crippen LogP contribution in [0.15, 0.2) is 41.8 Å². The van der Waals surface area contributed by atoms with Gasteiger partial charge in [-0.1, -0.05) is 35.9 Å². The predicted octanol–water partition coefficient (Wildman–Crippen LogP) is 3.73. The molecule has 3 heteroatoms. The quantitative estimate of drug-likeness (QED) is 0.799. The Kier molecular flexibility index (Phi) is 4.40. The van der Waals surface area contributed by atoms with E-state index in [1.807, 2.05) is 18.2 Å². The van der Waals surface area contributed by atoms with Crippen molar-refractivity contribution in [2.45, 2.75) is 13.0 Å². The summed E-state index contributed by atoms with van der Waals surface area (Å²) in [4.78, 5) is 1.42. The predicted molar refractivity (Wildman–Crippen MR) is 71.2 cm³/mol. The molecular formula is C13H14ClNS. The minimum absolute atomic E-state index is 0.838. The summed E-state index contributed by atoms with van der Waals surface area (Å²) in [6.07, 6.45) is 1.09. The van der Waals surface area contributed by atoms with E-state index >= 15 is 0 Å². The van der Waals surface area contributed by atoms with Crippen LogP contribution < -0.4 is 5.32 Å². The molecule has 0 aliphatic rings. The van der Waals surface area contributed by atoms with Gasteiger partial charge in [0.15, 0.2) is 0 Å². The molecule has 1 N–H and O–H groups in total. The lowest BCUT2D eigenvalue weighted by Crippen LogP contribution is -2.16. The van der Waals surface area contributed by atoms with E-state index in [0.29, 0.717) is 0 Å². The second-order valence-electron chi connectivity index (χ2n) is 3.60. The molecule has 0 atom stereocenters. The average molecular weight is 252 g/mol. The van der Waals surface area contributed by atoms with Gasteiger partial charge in [0.25, 0.3) is 0 Å². The SMILES string of the molecule is Clc1ccccc1CNCCc1cccs1. The summed E-state index contributed by atoms with van der Waals surface area (Å²) in [5.74, 6) is 0. The maximum atomic E-state index is 6.06. The first-order valence-corrected chi connectivity index (χ1v) is 6.58. The van der Waals surface area contributed by atoms with Crippen LogP contribution in [0.1, 0.15) is 10.4 Å². The molecule has 0 amide bonds. The van der Waals surface area contributed by atoms with Crippen molar-refractivity contribution in [3.8, 4) is 0 Å². The number of thiophene rings is 1. The third-order valence-corrected chi connectivity index (χ3v) is 3.71. The van der Waals surface area contributed by atoms with Crippen LogP contribution in [0, 0.1) is 0 Å². The van der Waals surface area contributed by atoms with E-state index in [4.69, 9.17) is 11.6 Å². The molecule has 0 bridgehead atoms. The molecule has 0 aliphatic carbocycles. The topological polar surface area (TPSA) is 12.0 Å². The fourth-order valence-electron chi connectivity index (χ4n) is 1.53. The number of halogens is 1. The van der Waals surface area contributed by atoms with Crippen LogP contribution in [-0.2, 0) is 13.0 Å². The van der Waals surface area contributed by atoms with Crippen molar-refractivity contribution in [1.82, 2.24) is 5.32 Å². The molecule has 1 aromatic heterocycles. The zero-order valence-electron chi connectivity index (χ0n) is 8.95. The lowest BCUT2D eigenvalue weighted by molar-refractivity contribution is 0.691. The van der Waals surface area contributed by atoms with E-state index in [2.05, 4.69) is 28.9 Å². The fraction of sp³-hybridized carbons (Fsp3) is 0.231. The van der Waals surface area contributed by atoms with E-state index in [1.54, 1.807) is 11.3 Å². The van der Waals surface area contributed by atoms with Crippen molar-refractivity contribution >= 4 is 22.9 Å². The molecule has 2 rings (SSSR count). The van der Waals surface area contributed by atoms with E-state index in [0.717, 1.165) is 30.1 Å². The zero-order chi connectivity index (χ0) is 11.2. The Morgan fingerprint density at radius 2 is 2.00 bits per heavy atom. The van der Waals surface area contributed by atoms with E-state index in [1.165, 1.54) is 4.88 Å². The third kappa shape index (κ3) is 3.34. The maximum Gasteiger partial charge on any atom is 0.0450 e. The van der Waals surface area contributed by atoms with Gasteiger partial charge < -0.3 is 5.32 Å². The summed E-state index contributed by atoms with van der Waals surface area (Å²) in [6, 6.07) is 12.2. The van der Waals surface area contributed by atoms with Gasteiger partial charge in [-0.15, -0.1) is 11.3 Å². The number of hydrogen-bond donors (Lipinski definition) is 1. The normalized spacial score (nSPS) is 10.6. The van der Waals surface area contributed by atoms with Crippen molar-refractivity contribution in [3.63, 3.8) is 0 Å². The van der Waals surface area contributed by atoms with Gasteiger partial charge in [-0.3, -0.25) is 0 Å². The molecule has 0 aliphatic heterocycles. The highest BCUT2D eigenvalue weighted by Crippen LogP contribution is 2.14. The van der Waals surface area contributed by atoms with Gasteiger partial charge in [-0.05, 0) is 29.5 Å². The van der Waals surface area contributed by atoms with Crippen LogP contribution in [-0.4, -0.2) is 6.54 Å². The van der Waals surface area contributed by atoms with Gasteiger partial charge in [0, 0.05) is 23.0 Å². The fourth-order valence-corrected chi connectivity index (χ4v) is 2.44. The molecule has 0 radical (unpaired) electrons. The molecule has 0 saturated carbocycles. The summed E-state index contributed by atoms with van der Waals surface area (Å²) < 4.78 is 0. The molecule has 0 saturated heterocycles. The molecule has 1 heterocycles. The van der Waals surface area contributed by atoms with Gasteiger partial charge in [0.1, 0.15) is 0 Å². The summed E-state index contributed by atoms with van der Waals surface area (Å²) in [7, 11) is 0. The van der Waals surface area contributed by atoms with Crippen LogP contribution in [0.5, 0.6) is 0 Å². The Balaban J connectivity index is 1.74. The minimum atomic E-state index is 0.838. The van der Waals surface area contributed by atoms with Crippen LogP contribution in [0.2, 0.25) is 5.02 Å². The second-order valence-corrected chi connectivity index (χ2v) is 5.04. The Morgan fingerprint density at radius 3 is 2.75 bits per heavy atom. The van der Waals surface area contributed by atoms with Crippen LogP contribution >= 0.6 is 22.9 Å². The van der Waals surface area contributed by atoms with Gasteiger partial charge in [-0.2, -0.15) is 0 Å². The first-order valence-electron chi connectivity index (χ1n) is 5.33. The Hall–Kier alpha value is -0.830. The minimum Gasteiger partial charge on any atom is -0.312 e. The van der Waals surface area contributed by atoms with E-state index in [-0.39, 0.29) is 0 Å². The highest BCUT2D eigenvalue weighted by atomic mass is 35.5. The lowest BCUT2D eigenvalue weighted by atomic mass is 10.2. The number of rotatable bonds is 5. The monoisotopic (exact) mass is 251 g/mol. The second kappa shape index (κ2) is 6.04. The molecule has 16 heavy (non-hydrogen) atoms. The summed E-state index contributed by atoms with van der Waals surface area (Å²) in [5, 5.41) is 6.36. The zero-order valence-corrected chi connectivity index (χ0v) is 10.5. The average Bonchev–Trinajstić information content (AvgIpc) is 2.79. The molecule has 2 aromatic rings. The summed E-state index contributed by atoms with van der Waals surface area (Å²) >= 11 is 7.87. The van der Waals surface area contributed by atoms with Crippen molar-refractivity contribution in [1.29, 1.82) is 0 Å². The van der Waals surface area contributed by atoms with Crippen LogP contribution in [0.3, 0.4) is 0 Å². The van der Waals surface area contributed by atoms with Crippen LogP contribution in [0.4, 0.5) is 0 Å². The van der Waals surface area contributed by atoms with E-state index < -0.39 is 0 Å². The van der Waals surface area contributed by atoms with Crippen molar-refractivity contribution in [2.24, 2.45) is 0 Å². The number of nitrogens with one attached hydrogen (secondary N) is 1. The maximum absolute atomic E-state index is 6.06. The summed E-state index contributed by atoms with van der Waals surface area (Å²) in [6.45, 7) is 1.83. The first-order chi connectivity index (χ1) is 7.86. The highest BCUT2D eigenvalue weighted by molar-refractivity contribution is 7.09. The molecular weight excluding hydrogens is 238 g/mol. The van der Waals surface area contributed by atoms with Crippen LogP contribution in [0.25, 0.3) is 0 Å². The van der Waals surface area contributed by atoms with Crippen molar-refractivity contribution in [3.05, 3.63) is 57.2 Å². The largest absolute Gasteiger partial charge is 0.312 e. The molecule has 84 valence electrons. The van der Waals surface area contributed by atoms with Crippen molar-refractivity contribution in [2.75, 3.05) is 6.54 Å². The summed E-state index contributed by atoms with van der Waals surface area (Å²) in [5.41, 5.74) is 1.16. The van der Waals surface area contributed by atoms with Gasteiger partial charge in [0.05, 0.1) is 0 Å². The lowest BCUT2D eigenvalue weighted by Gasteiger charge is -2.05. The van der Waals surface area contributed by atoms with Gasteiger partial charge in [0.2, 0.25) is 0 Å². The van der Waals surface area contributed by atoms with Gasteiger partial charge >= 0.3 is 0 Å².